The number of aryl methyl sites for hydroxylation is 1. The highest BCUT2D eigenvalue weighted by Crippen LogP contribution is 2.32. The van der Waals surface area contributed by atoms with Crippen molar-refractivity contribution in [1.82, 2.24) is 0 Å². The van der Waals surface area contributed by atoms with Crippen molar-refractivity contribution in [3.63, 3.8) is 0 Å². The van der Waals surface area contributed by atoms with Gasteiger partial charge in [-0.15, -0.1) is 0 Å². The van der Waals surface area contributed by atoms with E-state index in [2.05, 4.69) is 0 Å². The third-order valence-electron chi connectivity index (χ3n) is 4.40. The van der Waals surface area contributed by atoms with Crippen molar-refractivity contribution in [3.8, 4) is 0 Å². The molecule has 1 aliphatic carbocycles. The number of benzene rings is 1. The van der Waals surface area contributed by atoms with Gasteiger partial charge in [0.15, 0.2) is 0 Å². The Morgan fingerprint density at radius 2 is 1.68 bits per heavy atom. The fourth-order valence-electron chi connectivity index (χ4n) is 3.19. The minimum atomic E-state index is -4.23. The van der Waals surface area contributed by atoms with Crippen LogP contribution in [0.1, 0.15) is 36.8 Å². The van der Waals surface area contributed by atoms with Gasteiger partial charge in [-0.1, -0.05) is 17.7 Å². The van der Waals surface area contributed by atoms with E-state index in [-0.39, 0.29) is 16.1 Å². The zero-order valence-corrected chi connectivity index (χ0v) is 14.5. The Hall–Kier alpha value is -0.920. The molecule has 0 saturated heterocycles. The maximum absolute atomic E-state index is 11.6. The highest BCUT2D eigenvalue weighted by molar-refractivity contribution is 7.91. The van der Waals surface area contributed by atoms with Crippen molar-refractivity contribution < 1.29 is 21.4 Å². The highest BCUT2D eigenvalue weighted by Gasteiger charge is 2.28. The number of rotatable bonds is 4. The lowest BCUT2D eigenvalue weighted by Crippen LogP contribution is -2.27. The van der Waals surface area contributed by atoms with E-state index in [1.807, 2.05) is 6.92 Å². The van der Waals surface area contributed by atoms with Crippen LogP contribution in [0.25, 0.3) is 0 Å². The maximum atomic E-state index is 11.6. The van der Waals surface area contributed by atoms with Crippen molar-refractivity contribution in [3.05, 3.63) is 29.3 Å². The first-order valence-electron chi connectivity index (χ1n) is 7.33. The zero-order chi connectivity index (χ0) is 16.5. The van der Waals surface area contributed by atoms with Crippen LogP contribution in [0, 0.1) is 12.8 Å². The minimum Gasteiger partial charge on any atom is -0.282 e. The second-order valence-corrected chi connectivity index (χ2v) is 9.98. The fourth-order valence-corrected chi connectivity index (χ4v) is 5.04. The molecule has 0 aliphatic heterocycles. The van der Waals surface area contributed by atoms with Crippen LogP contribution in [0.4, 0.5) is 0 Å². The van der Waals surface area contributed by atoms with Gasteiger partial charge in [-0.05, 0) is 56.6 Å². The summed E-state index contributed by atoms with van der Waals surface area (Å²) in [5.41, 5.74) is 1.55. The summed E-state index contributed by atoms with van der Waals surface area (Å²) < 4.78 is 55.4. The third kappa shape index (κ3) is 4.30. The summed E-state index contributed by atoms with van der Waals surface area (Å²) in [5, 5.41) is -0.276. The van der Waals surface area contributed by atoms with Crippen molar-refractivity contribution in [2.24, 2.45) is 5.92 Å². The van der Waals surface area contributed by atoms with Gasteiger partial charge in [0.05, 0.1) is 10.1 Å². The molecule has 0 atom stereocenters. The molecule has 0 radical (unpaired) electrons. The maximum Gasteiger partial charge on any atom is 0.294 e. The van der Waals surface area contributed by atoms with Crippen LogP contribution in [0.2, 0.25) is 0 Å². The molecule has 0 spiro atoms. The Morgan fingerprint density at radius 1 is 1.09 bits per heavy atom. The largest absolute Gasteiger partial charge is 0.294 e. The molecule has 1 saturated carbocycles. The van der Waals surface area contributed by atoms with Crippen LogP contribution in [-0.2, 0) is 26.4 Å². The molecule has 1 fully saturated rings. The second kappa shape index (κ2) is 6.29. The Kier molecular flexibility index (Phi) is 4.99. The number of hydrogen-bond donors (Lipinski definition) is 1. The Morgan fingerprint density at radius 3 is 2.18 bits per heavy atom. The van der Waals surface area contributed by atoms with E-state index in [9.17, 15) is 21.4 Å². The van der Waals surface area contributed by atoms with E-state index in [0.717, 1.165) is 18.4 Å². The Balaban J connectivity index is 2.14. The fraction of sp³-hybridized carbons (Fsp3) is 0.600. The van der Waals surface area contributed by atoms with Crippen LogP contribution in [0.5, 0.6) is 0 Å². The van der Waals surface area contributed by atoms with Crippen LogP contribution >= 0.6 is 0 Å². The van der Waals surface area contributed by atoms with Gasteiger partial charge < -0.3 is 0 Å². The molecule has 1 aromatic carbocycles. The van der Waals surface area contributed by atoms with Gasteiger partial charge in [0.1, 0.15) is 9.84 Å². The Labute approximate surface area is 132 Å². The van der Waals surface area contributed by atoms with Crippen molar-refractivity contribution in [2.45, 2.75) is 49.2 Å². The molecule has 1 aliphatic rings. The van der Waals surface area contributed by atoms with Gasteiger partial charge >= 0.3 is 0 Å². The summed E-state index contributed by atoms with van der Waals surface area (Å²) in [6, 6.07) is 4.88. The topological polar surface area (TPSA) is 88.5 Å². The summed E-state index contributed by atoms with van der Waals surface area (Å²) in [7, 11) is -7.23. The smallest absolute Gasteiger partial charge is 0.282 e. The molecular formula is C15H22O5S2. The normalized spacial score (nSPS) is 23.4. The second-order valence-electron chi connectivity index (χ2n) is 6.26. The highest BCUT2D eigenvalue weighted by atomic mass is 32.2. The minimum absolute atomic E-state index is 0.0386. The van der Waals surface area contributed by atoms with Crippen molar-refractivity contribution in [1.29, 1.82) is 0 Å². The first kappa shape index (κ1) is 17.4. The molecule has 0 aromatic heterocycles. The lowest BCUT2D eigenvalue weighted by molar-refractivity contribution is 0.354. The van der Waals surface area contributed by atoms with Gasteiger partial charge in [-0.3, -0.25) is 4.55 Å². The van der Waals surface area contributed by atoms with Crippen LogP contribution in [0.15, 0.2) is 23.1 Å². The average molecular weight is 346 g/mol. The lowest BCUT2D eigenvalue weighted by atomic mass is 9.84. The molecule has 0 amide bonds. The average Bonchev–Trinajstić information content (AvgIpc) is 2.36. The molecular weight excluding hydrogens is 324 g/mol. The summed E-state index contributed by atoms with van der Waals surface area (Å²) in [6.45, 7) is 1.87. The standard InChI is InChI=1S/C15H22O5S2/c1-11-3-8-15(22(18,19)20)13(9-11)10-12-4-6-14(7-5-12)21(2,16)17/h3,8-9,12,14H,4-7,10H2,1-2H3,(H,18,19,20). The molecule has 2 rings (SSSR count). The molecule has 0 heterocycles. The van der Waals surface area contributed by atoms with Crippen molar-refractivity contribution >= 4 is 20.0 Å². The Bertz CT molecular complexity index is 742. The van der Waals surface area contributed by atoms with E-state index in [0.29, 0.717) is 24.8 Å². The van der Waals surface area contributed by atoms with E-state index < -0.39 is 20.0 Å². The van der Waals surface area contributed by atoms with Crippen molar-refractivity contribution in [2.75, 3.05) is 6.26 Å². The predicted molar refractivity (Wildman–Crippen MR) is 85.3 cm³/mol. The lowest BCUT2D eigenvalue weighted by Gasteiger charge is -2.27. The predicted octanol–water partition coefficient (Wildman–Crippen LogP) is 2.39. The molecule has 7 heteroatoms. The monoisotopic (exact) mass is 346 g/mol. The first-order chi connectivity index (χ1) is 10.1. The van der Waals surface area contributed by atoms with E-state index in [4.69, 9.17) is 0 Å². The van der Waals surface area contributed by atoms with E-state index in [1.165, 1.54) is 12.3 Å². The van der Waals surface area contributed by atoms with Gasteiger partial charge in [0.25, 0.3) is 10.1 Å². The quantitative estimate of drug-likeness (QED) is 0.846. The third-order valence-corrected chi connectivity index (χ3v) is 7.04. The SMILES string of the molecule is Cc1ccc(S(=O)(=O)O)c(CC2CCC(S(C)(=O)=O)CC2)c1. The zero-order valence-electron chi connectivity index (χ0n) is 12.8. The van der Waals surface area contributed by atoms with Crippen LogP contribution in [-0.4, -0.2) is 32.9 Å². The summed E-state index contributed by atoms with van der Waals surface area (Å²) in [6.07, 6.45) is 4.59. The number of sulfone groups is 1. The van der Waals surface area contributed by atoms with E-state index >= 15 is 0 Å². The van der Waals surface area contributed by atoms with Gasteiger partial charge in [-0.2, -0.15) is 8.42 Å². The summed E-state index contributed by atoms with van der Waals surface area (Å²) in [4.78, 5) is -0.0386. The van der Waals surface area contributed by atoms with Crippen LogP contribution in [0.3, 0.4) is 0 Å². The molecule has 124 valence electrons. The molecule has 0 unspecified atom stereocenters. The summed E-state index contributed by atoms with van der Waals surface area (Å²) in [5.74, 6) is 0.250. The van der Waals surface area contributed by atoms with E-state index in [1.54, 1.807) is 12.1 Å². The van der Waals surface area contributed by atoms with Gasteiger partial charge in [0, 0.05) is 6.26 Å². The summed E-state index contributed by atoms with van der Waals surface area (Å²) >= 11 is 0. The number of hydrogen-bond acceptors (Lipinski definition) is 4. The van der Waals surface area contributed by atoms with Gasteiger partial charge in [0.2, 0.25) is 0 Å². The van der Waals surface area contributed by atoms with Gasteiger partial charge in [-0.25, -0.2) is 8.42 Å². The molecule has 22 heavy (non-hydrogen) atoms. The molecule has 1 aromatic rings. The molecule has 1 N–H and O–H groups in total. The first-order valence-corrected chi connectivity index (χ1v) is 10.7. The molecule has 5 nitrogen and oxygen atoms in total. The van der Waals surface area contributed by atoms with Crippen LogP contribution < -0.4 is 0 Å². The molecule has 0 bridgehead atoms.